The third-order valence-electron chi connectivity index (χ3n) is 2.01. The average Bonchev–Trinajstić information content (AvgIpc) is 2.24. The molecule has 1 rings (SSSR count). The second-order valence-electron chi connectivity index (χ2n) is 3.39. The van der Waals surface area contributed by atoms with Gasteiger partial charge in [-0.15, -0.1) is 0 Å². The van der Waals surface area contributed by atoms with Gasteiger partial charge in [-0.05, 0) is 18.2 Å². The van der Waals surface area contributed by atoms with Crippen molar-refractivity contribution in [1.29, 1.82) is 0 Å². The fourth-order valence-corrected chi connectivity index (χ4v) is 1.57. The van der Waals surface area contributed by atoms with Crippen molar-refractivity contribution in [2.45, 2.75) is 12.3 Å². The molecule has 0 heterocycles. The summed E-state index contributed by atoms with van der Waals surface area (Å²) in [6.45, 7) is -0.943. The Balaban J connectivity index is 2.66. The molecule has 0 saturated heterocycles. The van der Waals surface area contributed by atoms with Gasteiger partial charge in [-0.1, -0.05) is 23.2 Å². The molecule has 2 N–H and O–H groups in total. The van der Waals surface area contributed by atoms with E-state index < -0.39 is 24.7 Å². The van der Waals surface area contributed by atoms with Crippen molar-refractivity contribution >= 4 is 29.1 Å². The lowest BCUT2D eigenvalue weighted by molar-refractivity contribution is -0.201. The summed E-state index contributed by atoms with van der Waals surface area (Å²) in [4.78, 5) is 11.5. The maximum absolute atomic E-state index is 12.0. The highest BCUT2D eigenvalue weighted by molar-refractivity contribution is 6.36. The highest BCUT2D eigenvalue weighted by atomic mass is 35.5. The number of aliphatic hydroxyl groups is 1. The van der Waals surface area contributed by atoms with E-state index >= 15 is 0 Å². The third kappa shape index (κ3) is 4.04. The van der Waals surface area contributed by atoms with E-state index in [1.165, 1.54) is 18.2 Å². The van der Waals surface area contributed by atoms with Gasteiger partial charge in [0.1, 0.15) is 0 Å². The lowest BCUT2D eigenvalue weighted by atomic mass is 10.2. The van der Waals surface area contributed by atoms with Gasteiger partial charge in [0.05, 0.1) is 17.1 Å². The fourth-order valence-electron chi connectivity index (χ4n) is 1.07. The first-order valence-electron chi connectivity index (χ1n) is 4.70. The molecule has 1 aromatic rings. The van der Waals surface area contributed by atoms with Gasteiger partial charge in [0.25, 0.3) is 5.91 Å². The van der Waals surface area contributed by atoms with Crippen LogP contribution in [0.1, 0.15) is 10.4 Å². The minimum atomic E-state index is -4.78. The van der Waals surface area contributed by atoms with Crippen LogP contribution in [0, 0.1) is 0 Å². The van der Waals surface area contributed by atoms with E-state index in [4.69, 9.17) is 28.3 Å². The Hall–Kier alpha value is -0.980. The second kappa shape index (κ2) is 5.77. The molecule has 100 valence electrons. The highest BCUT2D eigenvalue weighted by Crippen LogP contribution is 2.22. The summed E-state index contributed by atoms with van der Waals surface area (Å²) in [5, 5.41) is 10.9. The van der Waals surface area contributed by atoms with Gasteiger partial charge >= 0.3 is 6.18 Å². The Morgan fingerprint density at radius 1 is 1.39 bits per heavy atom. The van der Waals surface area contributed by atoms with Crippen molar-refractivity contribution in [2.24, 2.45) is 0 Å². The van der Waals surface area contributed by atoms with E-state index in [2.05, 4.69) is 0 Å². The Morgan fingerprint density at radius 3 is 2.50 bits per heavy atom. The van der Waals surface area contributed by atoms with Gasteiger partial charge in [0, 0.05) is 5.02 Å². The summed E-state index contributed by atoms with van der Waals surface area (Å²) >= 11 is 11.3. The smallest absolute Gasteiger partial charge is 0.382 e. The highest BCUT2D eigenvalue weighted by Gasteiger charge is 2.38. The van der Waals surface area contributed by atoms with Crippen LogP contribution < -0.4 is 5.32 Å². The van der Waals surface area contributed by atoms with Gasteiger partial charge in [-0.25, -0.2) is 0 Å². The standard InChI is InChI=1S/C10H8Cl2F3NO2/c11-5-1-2-6(7(12)3-5)9(18)16-4-8(17)10(13,14)15/h1-3,8,17H,4H2,(H,16,18). The van der Waals surface area contributed by atoms with Gasteiger partial charge in [-0.2, -0.15) is 13.2 Å². The molecule has 0 radical (unpaired) electrons. The molecule has 8 heteroatoms. The van der Waals surface area contributed by atoms with Crippen LogP contribution in [0.2, 0.25) is 10.0 Å². The average molecular weight is 302 g/mol. The van der Waals surface area contributed by atoms with Gasteiger partial charge < -0.3 is 10.4 Å². The Kier molecular flexibility index (Phi) is 4.84. The number of amides is 1. The quantitative estimate of drug-likeness (QED) is 0.902. The molecule has 0 fully saturated rings. The van der Waals surface area contributed by atoms with Crippen molar-refractivity contribution in [3.63, 3.8) is 0 Å². The first-order chi connectivity index (χ1) is 8.21. The first kappa shape index (κ1) is 15.1. The SMILES string of the molecule is O=C(NCC(O)C(F)(F)F)c1ccc(Cl)cc1Cl. The zero-order valence-electron chi connectivity index (χ0n) is 8.76. The lowest BCUT2D eigenvalue weighted by Gasteiger charge is -2.15. The Morgan fingerprint density at radius 2 is 2.00 bits per heavy atom. The molecule has 18 heavy (non-hydrogen) atoms. The van der Waals surface area contributed by atoms with E-state index in [0.29, 0.717) is 5.02 Å². The molecule has 0 aromatic heterocycles. The summed E-state index contributed by atoms with van der Waals surface area (Å²) in [5.74, 6) is -0.819. The number of rotatable bonds is 3. The number of hydrogen-bond acceptors (Lipinski definition) is 2. The zero-order valence-corrected chi connectivity index (χ0v) is 10.3. The number of alkyl halides is 3. The summed E-state index contributed by atoms with van der Waals surface area (Å²) in [5.41, 5.74) is -0.0181. The van der Waals surface area contributed by atoms with Crippen LogP contribution in [0.4, 0.5) is 13.2 Å². The van der Waals surface area contributed by atoms with E-state index in [0.717, 1.165) is 0 Å². The molecule has 0 aliphatic carbocycles. The van der Waals surface area contributed by atoms with Crippen molar-refractivity contribution in [3.8, 4) is 0 Å². The van der Waals surface area contributed by atoms with Crippen LogP contribution in [0.3, 0.4) is 0 Å². The lowest BCUT2D eigenvalue weighted by Crippen LogP contribution is -2.40. The van der Waals surface area contributed by atoms with E-state index in [1.54, 1.807) is 0 Å². The molecule has 3 nitrogen and oxygen atoms in total. The summed E-state index contributed by atoms with van der Waals surface area (Å²) in [6, 6.07) is 3.95. The van der Waals surface area contributed by atoms with Crippen LogP contribution in [0.15, 0.2) is 18.2 Å². The number of nitrogens with one attached hydrogen (secondary N) is 1. The number of halogens is 5. The van der Waals surface area contributed by atoms with Crippen molar-refractivity contribution in [1.82, 2.24) is 5.32 Å². The second-order valence-corrected chi connectivity index (χ2v) is 4.24. The maximum atomic E-state index is 12.0. The van der Waals surface area contributed by atoms with Crippen LogP contribution in [-0.2, 0) is 0 Å². The predicted octanol–water partition coefficient (Wildman–Crippen LogP) is 2.65. The fraction of sp³-hybridized carbons (Fsp3) is 0.300. The Bertz CT molecular complexity index is 451. The van der Waals surface area contributed by atoms with E-state index in [-0.39, 0.29) is 10.6 Å². The van der Waals surface area contributed by atoms with E-state index in [9.17, 15) is 18.0 Å². The first-order valence-corrected chi connectivity index (χ1v) is 5.45. The minimum absolute atomic E-state index is 0.0153. The van der Waals surface area contributed by atoms with Crippen LogP contribution in [-0.4, -0.2) is 29.8 Å². The number of benzene rings is 1. The number of carbonyl (C=O) groups is 1. The molecule has 0 bridgehead atoms. The van der Waals surface area contributed by atoms with Crippen LogP contribution in [0.5, 0.6) is 0 Å². The molecule has 1 atom stereocenters. The van der Waals surface area contributed by atoms with Crippen molar-refractivity contribution in [2.75, 3.05) is 6.54 Å². The largest absolute Gasteiger partial charge is 0.416 e. The molecule has 1 aromatic carbocycles. The van der Waals surface area contributed by atoms with Gasteiger partial charge in [0.2, 0.25) is 0 Å². The summed E-state index contributed by atoms with van der Waals surface area (Å²) < 4.78 is 36.0. The maximum Gasteiger partial charge on any atom is 0.416 e. The summed E-state index contributed by atoms with van der Waals surface area (Å²) in [6.07, 6.45) is -7.40. The number of carbonyl (C=O) groups excluding carboxylic acids is 1. The monoisotopic (exact) mass is 301 g/mol. The van der Waals surface area contributed by atoms with E-state index in [1.807, 2.05) is 5.32 Å². The van der Waals surface area contributed by atoms with Gasteiger partial charge in [-0.3, -0.25) is 4.79 Å². The topological polar surface area (TPSA) is 49.3 Å². The molecule has 0 aliphatic heterocycles. The minimum Gasteiger partial charge on any atom is -0.382 e. The molecule has 0 spiro atoms. The molecule has 0 aliphatic rings. The van der Waals surface area contributed by atoms with Crippen LogP contribution in [0.25, 0.3) is 0 Å². The predicted molar refractivity (Wildman–Crippen MR) is 60.9 cm³/mol. The zero-order chi connectivity index (χ0) is 13.9. The Labute approximate surface area is 110 Å². The molecular weight excluding hydrogens is 294 g/mol. The molecular formula is C10H8Cl2F3NO2. The number of hydrogen-bond donors (Lipinski definition) is 2. The van der Waals surface area contributed by atoms with Gasteiger partial charge in [0.15, 0.2) is 6.10 Å². The molecule has 1 amide bonds. The molecule has 1 unspecified atom stereocenters. The van der Waals surface area contributed by atoms with Crippen molar-refractivity contribution in [3.05, 3.63) is 33.8 Å². The molecule has 0 saturated carbocycles. The third-order valence-corrected chi connectivity index (χ3v) is 2.56. The van der Waals surface area contributed by atoms with Crippen molar-refractivity contribution < 1.29 is 23.1 Å². The normalized spacial score (nSPS) is 13.2. The summed E-state index contributed by atoms with van der Waals surface area (Å²) in [7, 11) is 0. The number of aliphatic hydroxyl groups excluding tert-OH is 1. The van der Waals surface area contributed by atoms with Crippen LogP contribution >= 0.6 is 23.2 Å².